The number of nitrogens with one attached hydrogen (secondary N) is 2. The topological polar surface area (TPSA) is 50.4 Å². The fourth-order valence-electron chi connectivity index (χ4n) is 1.92. The van der Waals surface area contributed by atoms with Crippen molar-refractivity contribution in [3.63, 3.8) is 0 Å². The Hall–Kier alpha value is -2.14. The predicted octanol–water partition coefficient (Wildman–Crippen LogP) is 3.75. The second-order valence-electron chi connectivity index (χ2n) is 4.62. The highest BCUT2D eigenvalue weighted by molar-refractivity contribution is 7.98. The molecule has 2 rings (SSSR count). The van der Waals surface area contributed by atoms with Gasteiger partial charge in [-0.15, -0.1) is 0 Å². The molecule has 4 nitrogen and oxygen atoms in total. The lowest BCUT2D eigenvalue weighted by molar-refractivity contribution is 0.252. The van der Waals surface area contributed by atoms with E-state index in [9.17, 15) is 4.79 Å². The maximum absolute atomic E-state index is 11.8. The quantitative estimate of drug-likeness (QED) is 0.765. The van der Waals surface area contributed by atoms with E-state index in [0.717, 1.165) is 11.5 Å². The van der Waals surface area contributed by atoms with E-state index in [-0.39, 0.29) is 6.03 Å². The van der Waals surface area contributed by atoms with Gasteiger partial charge in [0.2, 0.25) is 0 Å². The van der Waals surface area contributed by atoms with Crippen LogP contribution in [0.3, 0.4) is 0 Å². The summed E-state index contributed by atoms with van der Waals surface area (Å²) in [6.07, 6.45) is 0. The van der Waals surface area contributed by atoms with E-state index in [1.54, 1.807) is 18.9 Å². The Morgan fingerprint density at radius 1 is 1.09 bits per heavy atom. The highest BCUT2D eigenvalue weighted by atomic mass is 32.2. The molecule has 0 fully saturated rings. The molecule has 2 N–H and O–H groups in total. The average molecular weight is 316 g/mol. The summed E-state index contributed by atoms with van der Waals surface area (Å²) in [5.74, 6) is 2.47. The molecule has 0 aliphatic rings. The van der Waals surface area contributed by atoms with Gasteiger partial charge in [0.25, 0.3) is 0 Å². The van der Waals surface area contributed by atoms with E-state index in [2.05, 4.69) is 22.8 Å². The van der Waals surface area contributed by atoms with E-state index in [1.165, 1.54) is 5.56 Å². The van der Waals surface area contributed by atoms with Crippen molar-refractivity contribution in [1.29, 1.82) is 0 Å². The van der Waals surface area contributed by atoms with Crippen LogP contribution in [0, 0.1) is 0 Å². The number of para-hydroxylation sites is 2. The number of thioether (sulfide) groups is 1. The fourth-order valence-corrected chi connectivity index (χ4v) is 2.73. The van der Waals surface area contributed by atoms with Crippen molar-refractivity contribution in [3.8, 4) is 5.75 Å². The molecule has 2 amide bonds. The summed E-state index contributed by atoms with van der Waals surface area (Å²) < 4.78 is 5.19. The van der Waals surface area contributed by atoms with Crippen LogP contribution in [0.4, 0.5) is 10.5 Å². The van der Waals surface area contributed by atoms with Gasteiger partial charge >= 0.3 is 6.03 Å². The zero-order valence-corrected chi connectivity index (χ0v) is 13.4. The van der Waals surface area contributed by atoms with Crippen LogP contribution in [0.5, 0.6) is 5.75 Å². The minimum Gasteiger partial charge on any atom is -0.495 e. The van der Waals surface area contributed by atoms with E-state index in [1.807, 2.05) is 42.5 Å². The van der Waals surface area contributed by atoms with Crippen molar-refractivity contribution in [2.75, 3.05) is 24.7 Å². The molecule has 0 aliphatic heterocycles. The standard InChI is InChI=1S/C17H20N2O2S/c1-21-16-10-6-5-9-15(16)19-17(20)18-11-12-22-13-14-7-3-2-4-8-14/h2-10H,11-13H2,1H3,(H2,18,19,20). The minimum atomic E-state index is -0.218. The van der Waals surface area contributed by atoms with Gasteiger partial charge in [-0.1, -0.05) is 42.5 Å². The number of hydrogen-bond acceptors (Lipinski definition) is 3. The lowest BCUT2D eigenvalue weighted by Crippen LogP contribution is -2.30. The van der Waals surface area contributed by atoms with Crippen molar-refractivity contribution in [3.05, 3.63) is 60.2 Å². The normalized spacial score (nSPS) is 10.0. The Balaban J connectivity index is 1.65. The number of urea groups is 1. The lowest BCUT2D eigenvalue weighted by atomic mass is 10.2. The molecule has 22 heavy (non-hydrogen) atoms. The van der Waals surface area contributed by atoms with Gasteiger partial charge in [-0.05, 0) is 17.7 Å². The summed E-state index contributed by atoms with van der Waals surface area (Å²) >= 11 is 1.80. The smallest absolute Gasteiger partial charge is 0.319 e. The summed E-state index contributed by atoms with van der Waals surface area (Å²) in [5, 5.41) is 5.63. The molecule has 0 radical (unpaired) electrons. The van der Waals surface area contributed by atoms with Gasteiger partial charge in [-0.25, -0.2) is 4.79 Å². The third-order valence-corrected chi connectivity index (χ3v) is 4.03. The van der Waals surface area contributed by atoms with Crippen LogP contribution >= 0.6 is 11.8 Å². The summed E-state index contributed by atoms with van der Waals surface area (Å²) in [6.45, 7) is 0.623. The maximum atomic E-state index is 11.8. The fraction of sp³-hybridized carbons (Fsp3) is 0.235. The number of hydrogen-bond donors (Lipinski definition) is 2. The number of carbonyl (C=O) groups excluding carboxylic acids is 1. The maximum Gasteiger partial charge on any atom is 0.319 e. The molecular weight excluding hydrogens is 296 g/mol. The Labute approximate surface area is 135 Å². The van der Waals surface area contributed by atoms with Crippen molar-refractivity contribution >= 4 is 23.5 Å². The first-order chi connectivity index (χ1) is 10.8. The Morgan fingerprint density at radius 3 is 2.59 bits per heavy atom. The average Bonchev–Trinajstić information content (AvgIpc) is 2.56. The minimum absolute atomic E-state index is 0.218. The molecular formula is C17H20N2O2S. The summed E-state index contributed by atoms with van der Waals surface area (Å²) in [6, 6.07) is 17.4. The van der Waals surface area contributed by atoms with Gasteiger partial charge in [0.05, 0.1) is 12.8 Å². The Morgan fingerprint density at radius 2 is 1.82 bits per heavy atom. The van der Waals surface area contributed by atoms with Crippen molar-refractivity contribution < 1.29 is 9.53 Å². The van der Waals surface area contributed by atoms with Gasteiger partial charge in [-0.2, -0.15) is 11.8 Å². The van der Waals surface area contributed by atoms with Crippen LogP contribution in [-0.2, 0) is 5.75 Å². The number of anilines is 1. The number of ether oxygens (including phenoxy) is 1. The molecule has 5 heteroatoms. The van der Waals surface area contributed by atoms with Crippen molar-refractivity contribution in [2.45, 2.75) is 5.75 Å². The van der Waals surface area contributed by atoms with Crippen molar-refractivity contribution in [2.24, 2.45) is 0 Å². The Kier molecular flexibility index (Phi) is 6.64. The zero-order chi connectivity index (χ0) is 15.6. The summed E-state index contributed by atoms with van der Waals surface area (Å²) in [5.41, 5.74) is 1.96. The van der Waals surface area contributed by atoms with Crippen LogP contribution < -0.4 is 15.4 Å². The van der Waals surface area contributed by atoms with Crippen LogP contribution in [0.15, 0.2) is 54.6 Å². The lowest BCUT2D eigenvalue weighted by Gasteiger charge is -2.10. The monoisotopic (exact) mass is 316 g/mol. The molecule has 0 unspecified atom stereocenters. The van der Waals surface area contributed by atoms with Gasteiger partial charge in [0.15, 0.2) is 0 Å². The predicted molar refractivity (Wildman–Crippen MR) is 92.6 cm³/mol. The largest absolute Gasteiger partial charge is 0.495 e. The number of methoxy groups -OCH3 is 1. The molecule has 0 aromatic heterocycles. The van der Waals surface area contributed by atoms with E-state index < -0.39 is 0 Å². The van der Waals surface area contributed by atoms with Gasteiger partial charge in [0.1, 0.15) is 5.75 Å². The molecule has 0 saturated carbocycles. The van der Waals surface area contributed by atoms with Crippen LogP contribution in [0.2, 0.25) is 0 Å². The number of benzene rings is 2. The zero-order valence-electron chi connectivity index (χ0n) is 12.5. The molecule has 2 aromatic rings. The Bertz CT molecular complexity index is 590. The molecule has 0 aliphatic carbocycles. The molecule has 0 saturated heterocycles. The SMILES string of the molecule is COc1ccccc1NC(=O)NCCSCc1ccccc1. The molecule has 2 aromatic carbocycles. The van der Waals surface area contributed by atoms with Crippen LogP contribution in [0.25, 0.3) is 0 Å². The third kappa shape index (κ3) is 5.33. The molecule has 116 valence electrons. The first kappa shape index (κ1) is 16.2. The summed E-state index contributed by atoms with van der Waals surface area (Å²) in [4.78, 5) is 11.8. The van der Waals surface area contributed by atoms with E-state index >= 15 is 0 Å². The summed E-state index contributed by atoms with van der Waals surface area (Å²) in [7, 11) is 1.58. The first-order valence-electron chi connectivity index (χ1n) is 7.09. The first-order valence-corrected chi connectivity index (χ1v) is 8.24. The van der Waals surface area contributed by atoms with Gasteiger partial charge in [-0.3, -0.25) is 0 Å². The molecule has 0 bridgehead atoms. The van der Waals surface area contributed by atoms with Gasteiger partial charge < -0.3 is 15.4 Å². The molecule has 0 spiro atoms. The van der Waals surface area contributed by atoms with Gasteiger partial charge in [0, 0.05) is 18.1 Å². The molecule has 0 atom stereocenters. The second-order valence-corrected chi connectivity index (χ2v) is 5.72. The van der Waals surface area contributed by atoms with E-state index in [4.69, 9.17) is 4.74 Å². The highest BCUT2D eigenvalue weighted by Gasteiger charge is 2.05. The van der Waals surface area contributed by atoms with Crippen LogP contribution in [0.1, 0.15) is 5.56 Å². The molecule has 0 heterocycles. The highest BCUT2D eigenvalue weighted by Crippen LogP contribution is 2.22. The second kappa shape index (κ2) is 9.00. The van der Waals surface area contributed by atoms with Crippen molar-refractivity contribution in [1.82, 2.24) is 5.32 Å². The number of rotatable bonds is 7. The van der Waals surface area contributed by atoms with Crippen LogP contribution in [-0.4, -0.2) is 25.4 Å². The van der Waals surface area contributed by atoms with E-state index in [0.29, 0.717) is 18.0 Å². The number of amides is 2. The third-order valence-electron chi connectivity index (χ3n) is 3.00. The number of carbonyl (C=O) groups is 1.